The molecule has 5 rings (SSSR count). The van der Waals surface area contributed by atoms with Crippen molar-refractivity contribution < 1.29 is 4.79 Å². The predicted molar refractivity (Wildman–Crippen MR) is 146 cm³/mol. The number of thiocarbonyl (C=S) groups is 1. The molecule has 4 aromatic rings. The van der Waals surface area contributed by atoms with Crippen molar-refractivity contribution in [3.05, 3.63) is 95.1 Å². The molecule has 10 heteroatoms. The van der Waals surface area contributed by atoms with Crippen LogP contribution in [0.25, 0.3) is 0 Å². The molecule has 37 heavy (non-hydrogen) atoms. The molecule has 4 heterocycles. The number of hydrogen-bond donors (Lipinski definition) is 2. The minimum Gasteiger partial charge on any atom is -0.352 e. The van der Waals surface area contributed by atoms with Gasteiger partial charge in [-0.15, -0.1) is 10.2 Å². The SMILES string of the molecule is Cc1ccc(C)c(NC(=O)CCN2C(=S)N[C@H](c3ccccn3)[C@@H]2c2cc(C)n(-n3cnnc3)c2C)c1. The third-order valence-electron chi connectivity index (χ3n) is 6.83. The summed E-state index contributed by atoms with van der Waals surface area (Å²) in [5, 5.41) is 15.1. The van der Waals surface area contributed by atoms with Gasteiger partial charge in [0.2, 0.25) is 5.91 Å². The minimum absolute atomic E-state index is 0.0495. The lowest BCUT2D eigenvalue weighted by Gasteiger charge is -2.28. The molecular weight excluding hydrogens is 484 g/mol. The van der Waals surface area contributed by atoms with Crippen molar-refractivity contribution in [2.24, 2.45) is 0 Å². The highest BCUT2D eigenvalue weighted by Crippen LogP contribution is 2.40. The molecule has 1 fully saturated rings. The molecule has 1 aliphatic heterocycles. The number of aromatic nitrogens is 5. The summed E-state index contributed by atoms with van der Waals surface area (Å²) in [5.41, 5.74) is 7.05. The van der Waals surface area contributed by atoms with Gasteiger partial charge in [0.1, 0.15) is 12.7 Å². The highest BCUT2D eigenvalue weighted by Gasteiger charge is 2.41. The van der Waals surface area contributed by atoms with Crippen molar-refractivity contribution in [2.75, 3.05) is 11.9 Å². The molecule has 0 spiro atoms. The number of hydrogen-bond acceptors (Lipinski definition) is 5. The second-order valence-corrected chi connectivity index (χ2v) is 9.80. The number of nitrogens with one attached hydrogen (secondary N) is 2. The topological polar surface area (TPSA) is 92.9 Å². The first-order valence-corrected chi connectivity index (χ1v) is 12.6. The van der Waals surface area contributed by atoms with Crippen LogP contribution in [-0.2, 0) is 4.79 Å². The Hall–Kier alpha value is -4.05. The highest BCUT2D eigenvalue weighted by atomic mass is 32.1. The summed E-state index contributed by atoms with van der Waals surface area (Å²) < 4.78 is 3.92. The number of benzene rings is 1. The quantitative estimate of drug-likeness (QED) is 0.360. The maximum atomic E-state index is 13.0. The lowest BCUT2D eigenvalue weighted by molar-refractivity contribution is -0.116. The number of amides is 1. The molecule has 0 saturated carbocycles. The van der Waals surface area contributed by atoms with Crippen molar-refractivity contribution in [1.82, 2.24) is 34.8 Å². The predicted octanol–water partition coefficient (Wildman–Crippen LogP) is 4.02. The molecule has 9 nitrogen and oxygen atoms in total. The van der Waals surface area contributed by atoms with Crippen LogP contribution in [-0.4, -0.2) is 47.0 Å². The number of nitrogens with zero attached hydrogens (tertiary/aromatic N) is 6. The summed E-state index contributed by atoms with van der Waals surface area (Å²) in [7, 11) is 0. The van der Waals surface area contributed by atoms with Crippen LogP contribution in [0.2, 0.25) is 0 Å². The van der Waals surface area contributed by atoms with Gasteiger partial charge >= 0.3 is 0 Å². The lowest BCUT2D eigenvalue weighted by atomic mass is 9.96. The van der Waals surface area contributed by atoms with Crippen LogP contribution in [0.4, 0.5) is 5.69 Å². The van der Waals surface area contributed by atoms with Crippen LogP contribution in [0, 0.1) is 27.7 Å². The molecule has 190 valence electrons. The first-order chi connectivity index (χ1) is 17.8. The highest BCUT2D eigenvalue weighted by molar-refractivity contribution is 7.80. The summed E-state index contributed by atoms with van der Waals surface area (Å²) in [6.45, 7) is 8.60. The van der Waals surface area contributed by atoms with Crippen molar-refractivity contribution in [1.29, 1.82) is 0 Å². The number of carbonyl (C=O) groups is 1. The van der Waals surface area contributed by atoms with E-state index in [1.54, 1.807) is 18.9 Å². The van der Waals surface area contributed by atoms with Gasteiger partial charge in [-0.1, -0.05) is 18.2 Å². The van der Waals surface area contributed by atoms with Crippen molar-refractivity contribution in [3.8, 4) is 0 Å². The number of rotatable bonds is 7. The van der Waals surface area contributed by atoms with Gasteiger partial charge in [0, 0.05) is 41.8 Å². The van der Waals surface area contributed by atoms with Crippen LogP contribution >= 0.6 is 12.2 Å². The summed E-state index contributed by atoms with van der Waals surface area (Å²) in [6.07, 6.45) is 5.43. The maximum Gasteiger partial charge on any atom is 0.226 e. The summed E-state index contributed by atoms with van der Waals surface area (Å²) in [5.74, 6) is -0.0495. The van der Waals surface area contributed by atoms with Crippen LogP contribution in [0.15, 0.2) is 61.3 Å². The smallest absolute Gasteiger partial charge is 0.226 e. The van der Waals surface area contributed by atoms with E-state index in [0.717, 1.165) is 39.5 Å². The van der Waals surface area contributed by atoms with E-state index in [0.29, 0.717) is 18.1 Å². The average Bonchev–Trinajstić information content (AvgIpc) is 3.58. The first-order valence-electron chi connectivity index (χ1n) is 12.2. The Balaban J connectivity index is 1.45. The fourth-order valence-electron chi connectivity index (χ4n) is 5.02. The Labute approximate surface area is 221 Å². The second kappa shape index (κ2) is 10.1. The molecular formula is C27H30N8OS. The van der Waals surface area contributed by atoms with Crippen LogP contribution in [0.3, 0.4) is 0 Å². The Kier molecular flexibility index (Phi) is 6.75. The molecule has 0 bridgehead atoms. The van der Waals surface area contributed by atoms with Crippen molar-refractivity contribution >= 4 is 28.9 Å². The van der Waals surface area contributed by atoms with Crippen LogP contribution in [0.1, 0.15) is 52.3 Å². The van der Waals surface area contributed by atoms with E-state index >= 15 is 0 Å². The van der Waals surface area contributed by atoms with E-state index in [2.05, 4.69) is 55.3 Å². The Bertz CT molecular complexity index is 1430. The molecule has 0 unspecified atom stereocenters. The standard InChI is InChI=1S/C27H30N8OS/c1-17-8-9-18(2)23(13-17)31-24(36)10-12-34-26(25(32-27(34)37)22-7-5-6-11-28-22)21-14-19(3)35(20(21)4)33-15-29-30-16-33/h5-9,11,13-16,25-26H,10,12H2,1-4H3,(H,31,36)(H,32,37)/t25-,26+/m1/s1. The van der Waals surface area contributed by atoms with Gasteiger partial charge in [-0.05, 0) is 75.3 Å². The van der Waals surface area contributed by atoms with Gasteiger partial charge in [0.05, 0.1) is 17.8 Å². The zero-order valence-electron chi connectivity index (χ0n) is 21.3. The summed E-state index contributed by atoms with van der Waals surface area (Å²) in [4.78, 5) is 19.7. The molecule has 1 aromatic carbocycles. The molecule has 1 amide bonds. The van der Waals surface area contributed by atoms with Gasteiger partial charge < -0.3 is 15.5 Å². The first kappa shape index (κ1) is 24.6. The van der Waals surface area contributed by atoms with Crippen LogP contribution in [0.5, 0.6) is 0 Å². The zero-order chi connectivity index (χ0) is 26.1. The number of carbonyl (C=O) groups excluding carboxylic acids is 1. The van der Waals surface area contributed by atoms with Crippen molar-refractivity contribution in [2.45, 2.75) is 46.2 Å². The third kappa shape index (κ3) is 4.84. The fourth-order valence-corrected chi connectivity index (χ4v) is 5.35. The maximum absolute atomic E-state index is 13.0. The van der Waals surface area contributed by atoms with Gasteiger partial charge in [-0.3, -0.25) is 14.5 Å². The fraction of sp³-hybridized carbons (Fsp3) is 0.296. The summed E-state index contributed by atoms with van der Waals surface area (Å²) in [6, 6.07) is 13.8. The number of pyridine rings is 1. The molecule has 0 aliphatic carbocycles. The molecule has 0 radical (unpaired) electrons. The Morgan fingerprint density at radius 2 is 1.86 bits per heavy atom. The monoisotopic (exact) mass is 514 g/mol. The van der Waals surface area contributed by atoms with E-state index < -0.39 is 0 Å². The molecule has 3 aromatic heterocycles. The Morgan fingerprint density at radius 3 is 2.59 bits per heavy atom. The van der Waals surface area contributed by atoms with Gasteiger partial charge in [0.25, 0.3) is 0 Å². The lowest BCUT2D eigenvalue weighted by Crippen LogP contribution is -2.33. The van der Waals surface area contributed by atoms with Gasteiger partial charge in [-0.25, -0.2) is 4.68 Å². The van der Waals surface area contributed by atoms with E-state index in [4.69, 9.17) is 12.2 Å². The average molecular weight is 515 g/mol. The zero-order valence-corrected chi connectivity index (χ0v) is 22.2. The van der Waals surface area contributed by atoms with E-state index in [-0.39, 0.29) is 18.0 Å². The van der Waals surface area contributed by atoms with Crippen molar-refractivity contribution in [3.63, 3.8) is 0 Å². The molecule has 2 atom stereocenters. The second-order valence-electron chi connectivity index (χ2n) is 9.42. The van der Waals surface area contributed by atoms with E-state index in [9.17, 15) is 4.79 Å². The normalized spacial score (nSPS) is 17.2. The van der Waals surface area contributed by atoms with Crippen LogP contribution < -0.4 is 10.6 Å². The summed E-state index contributed by atoms with van der Waals surface area (Å²) >= 11 is 5.80. The Morgan fingerprint density at radius 1 is 1.08 bits per heavy atom. The van der Waals surface area contributed by atoms with Gasteiger partial charge in [0.15, 0.2) is 5.11 Å². The molecule has 2 N–H and O–H groups in total. The van der Waals surface area contributed by atoms with Gasteiger partial charge in [-0.2, -0.15) is 0 Å². The molecule has 1 saturated heterocycles. The minimum atomic E-state index is -0.161. The third-order valence-corrected chi connectivity index (χ3v) is 7.19. The van der Waals surface area contributed by atoms with E-state index in [1.165, 1.54) is 0 Å². The largest absolute Gasteiger partial charge is 0.352 e. The number of anilines is 1. The molecule has 1 aliphatic rings. The van der Waals surface area contributed by atoms with E-state index in [1.807, 2.05) is 54.9 Å². The number of aryl methyl sites for hydroxylation is 3.